The van der Waals surface area contributed by atoms with Gasteiger partial charge in [0, 0.05) is 6.54 Å². The molecule has 1 unspecified atom stereocenters. The molecule has 150 valence electrons. The van der Waals surface area contributed by atoms with Crippen LogP contribution in [0.2, 0.25) is 0 Å². The molecule has 6 heteroatoms. The molecule has 0 bridgehead atoms. The zero-order valence-electron chi connectivity index (χ0n) is 16.6. The molecule has 0 aliphatic rings. The van der Waals surface area contributed by atoms with Crippen molar-refractivity contribution in [3.63, 3.8) is 0 Å². The fraction of sp³-hybridized carbons (Fsp3) is 0.364. The number of hydrogen-bond donors (Lipinski definition) is 0. The Kier molecular flexibility index (Phi) is 8.34. The van der Waals surface area contributed by atoms with Crippen LogP contribution in [0.15, 0.2) is 54.6 Å². The molecular weight excluding hydrogens is 358 g/mol. The summed E-state index contributed by atoms with van der Waals surface area (Å²) in [6.45, 7) is 2.73. The van der Waals surface area contributed by atoms with Crippen molar-refractivity contribution in [1.29, 1.82) is 0 Å². The van der Waals surface area contributed by atoms with Gasteiger partial charge in [0.05, 0.1) is 33.1 Å². The van der Waals surface area contributed by atoms with Crippen LogP contribution in [0.4, 0.5) is 0 Å². The summed E-state index contributed by atoms with van der Waals surface area (Å²) in [4.78, 5) is 26.2. The van der Waals surface area contributed by atoms with Crippen LogP contribution in [0.1, 0.15) is 12.5 Å². The molecule has 0 spiro atoms. The summed E-state index contributed by atoms with van der Waals surface area (Å²) in [6.07, 6.45) is 0.275. The predicted octanol–water partition coefficient (Wildman–Crippen LogP) is 2.95. The van der Waals surface area contributed by atoms with Crippen molar-refractivity contribution in [2.75, 3.05) is 33.9 Å². The molecule has 2 aromatic rings. The van der Waals surface area contributed by atoms with Gasteiger partial charge in [0.2, 0.25) is 5.91 Å². The van der Waals surface area contributed by atoms with Crippen molar-refractivity contribution in [2.24, 2.45) is 5.92 Å². The summed E-state index contributed by atoms with van der Waals surface area (Å²) < 4.78 is 15.7. The Balaban J connectivity index is 1.97. The summed E-state index contributed by atoms with van der Waals surface area (Å²) in [7, 11) is 2.95. The highest BCUT2D eigenvalue weighted by Gasteiger charge is 2.21. The number of ether oxygens (including phenoxy) is 3. The van der Waals surface area contributed by atoms with Crippen LogP contribution in [-0.4, -0.2) is 50.7 Å². The Morgan fingerprint density at radius 2 is 1.61 bits per heavy atom. The molecule has 2 aromatic carbocycles. The molecule has 0 heterocycles. The van der Waals surface area contributed by atoms with E-state index in [1.165, 1.54) is 7.11 Å². The lowest BCUT2D eigenvalue weighted by Crippen LogP contribution is -2.40. The maximum Gasteiger partial charge on any atom is 0.310 e. The number of amides is 1. The number of hydrogen-bond acceptors (Lipinski definition) is 5. The standard InChI is InChI=1S/C22H27NO5/c1-17(22(25)27-3)16-23(21(24)15-18-7-5-4-6-8-18)13-14-28-20-11-9-19(26-2)10-12-20/h4-12,17H,13-16H2,1-3H3. The number of esters is 1. The van der Waals surface area contributed by atoms with Gasteiger partial charge in [-0.15, -0.1) is 0 Å². The summed E-state index contributed by atoms with van der Waals surface area (Å²) in [5, 5.41) is 0. The third-order valence-corrected chi connectivity index (χ3v) is 4.34. The maximum absolute atomic E-state index is 12.8. The Bertz CT molecular complexity index is 745. The van der Waals surface area contributed by atoms with E-state index in [1.807, 2.05) is 54.6 Å². The highest BCUT2D eigenvalue weighted by Crippen LogP contribution is 2.17. The summed E-state index contributed by atoms with van der Waals surface area (Å²) in [5.74, 6) is 0.635. The van der Waals surface area contributed by atoms with Crippen molar-refractivity contribution in [2.45, 2.75) is 13.3 Å². The van der Waals surface area contributed by atoms with Gasteiger partial charge in [0.1, 0.15) is 18.1 Å². The van der Waals surface area contributed by atoms with Crippen LogP contribution >= 0.6 is 0 Å². The Morgan fingerprint density at radius 3 is 2.21 bits per heavy atom. The quantitative estimate of drug-likeness (QED) is 0.589. The van der Waals surface area contributed by atoms with Crippen molar-refractivity contribution in [1.82, 2.24) is 4.90 Å². The third kappa shape index (κ3) is 6.61. The van der Waals surface area contributed by atoms with Gasteiger partial charge in [-0.05, 0) is 29.8 Å². The van der Waals surface area contributed by atoms with Crippen LogP contribution in [0.5, 0.6) is 11.5 Å². The molecule has 28 heavy (non-hydrogen) atoms. The third-order valence-electron chi connectivity index (χ3n) is 4.34. The second kappa shape index (κ2) is 11.0. The number of carbonyl (C=O) groups is 2. The van der Waals surface area contributed by atoms with Gasteiger partial charge < -0.3 is 19.1 Å². The average Bonchev–Trinajstić information content (AvgIpc) is 2.73. The minimum Gasteiger partial charge on any atom is -0.497 e. The topological polar surface area (TPSA) is 65.1 Å². The van der Waals surface area contributed by atoms with E-state index in [0.29, 0.717) is 18.9 Å². The zero-order valence-corrected chi connectivity index (χ0v) is 16.6. The van der Waals surface area contributed by atoms with E-state index < -0.39 is 5.92 Å². The molecule has 1 amide bonds. The predicted molar refractivity (Wildman–Crippen MR) is 106 cm³/mol. The molecule has 0 N–H and O–H groups in total. The molecule has 0 fully saturated rings. The van der Waals surface area contributed by atoms with Crippen LogP contribution < -0.4 is 9.47 Å². The molecule has 0 aliphatic carbocycles. The first-order chi connectivity index (χ1) is 13.5. The number of nitrogens with zero attached hydrogens (tertiary/aromatic N) is 1. The van der Waals surface area contributed by atoms with E-state index in [0.717, 1.165) is 11.3 Å². The molecular formula is C22H27NO5. The van der Waals surface area contributed by atoms with Crippen molar-refractivity contribution < 1.29 is 23.8 Å². The van der Waals surface area contributed by atoms with E-state index in [9.17, 15) is 9.59 Å². The van der Waals surface area contributed by atoms with E-state index in [-0.39, 0.29) is 24.8 Å². The van der Waals surface area contributed by atoms with E-state index in [4.69, 9.17) is 14.2 Å². The van der Waals surface area contributed by atoms with Crippen molar-refractivity contribution in [3.05, 3.63) is 60.2 Å². The zero-order chi connectivity index (χ0) is 20.4. The average molecular weight is 385 g/mol. The number of carbonyl (C=O) groups excluding carboxylic acids is 2. The lowest BCUT2D eigenvalue weighted by Gasteiger charge is -2.25. The Morgan fingerprint density at radius 1 is 0.964 bits per heavy atom. The molecule has 6 nitrogen and oxygen atoms in total. The second-order valence-electron chi connectivity index (χ2n) is 6.45. The van der Waals surface area contributed by atoms with Gasteiger partial charge in [-0.1, -0.05) is 37.3 Å². The minimum atomic E-state index is -0.411. The smallest absolute Gasteiger partial charge is 0.310 e. The van der Waals surface area contributed by atoms with E-state index in [2.05, 4.69) is 0 Å². The second-order valence-corrected chi connectivity index (χ2v) is 6.45. The highest BCUT2D eigenvalue weighted by molar-refractivity contribution is 5.80. The molecule has 0 saturated carbocycles. The fourth-order valence-electron chi connectivity index (χ4n) is 2.75. The molecule has 1 atom stereocenters. The first kappa shape index (κ1) is 21.3. The van der Waals surface area contributed by atoms with Gasteiger partial charge in [0.15, 0.2) is 0 Å². The first-order valence-electron chi connectivity index (χ1n) is 9.20. The molecule has 0 aromatic heterocycles. The fourth-order valence-corrected chi connectivity index (χ4v) is 2.75. The lowest BCUT2D eigenvalue weighted by molar-refractivity contribution is -0.146. The molecule has 2 rings (SSSR count). The van der Waals surface area contributed by atoms with Crippen molar-refractivity contribution in [3.8, 4) is 11.5 Å². The normalized spacial score (nSPS) is 11.4. The van der Waals surface area contributed by atoms with Gasteiger partial charge in [-0.25, -0.2) is 0 Å². The van der Waals surface area contributed by atoms with Gasteiger partial charge in [0.25, 0.3) is 0 Å². The van der Waals surface area contributed by atoms with Gasteiger partial charge in [-0.2, -0.15) is 0 Å². The van der Waals surface area contributed by atoms with Gasteiger partial charge in [-0.3, -0.25) is 9.59 Å². The molecule has 0 radical (unpaired) electrons. The van der Waals surface area contributed by atoms with Gasteiger partial charge >= 0.3 is 5.97 Å². The van der Waals surface area contributed by atoms with E-state index >= 15 is 0 Å². The van der Waals surface area contributed by atoms with E-state index in [1.54, 1.807) is 18.9 Å². The number of methoxy groups -OCH3 is 2. The van der Waals surface area contributed by atoms with Crippen LogP contribution in [0.25, 0.3) is 0 Å². The highest BCUT2D eigenvalue weighted by atomic mass is 16.5. The Labute approximate surface area is 166 Å². The van der Waals surface area contributed by atoms with Crippen molar-refractivity contribution >= 4 is 11.9 Å². The summed E-state index contributed by atoms with van der Waals surface area (Å²) >= 11 is 0. The first-order valence-corrected chi connectivity index (χ1v) is 9.20. The Hall–Kier alpha value is -3.02. The monoisotopic (exact) mass is 385 g/mol. The molecule has 0 aliphatic heterocycles. The largest absolute Gasteiger partial charge is 0.497 e. The SMILES string of the molecule is COC(=O)C(C)CN(CCOc1ccc(OC)cc1)C(=O)Cc1ccccc1. The lowest BCUT2D eigenvalue weighted by atomic mass is 10.1. The maximum atomic E-state index is 12.8. The summed E-state index contributed by atoms with van der Waals surface area (Å²) in [5.41, 5.74) is 0.930. The molecule has 0 saturated heterocycles. The van der Waals surface area contributed by atoms with Crippen LogP contribution in [-0.2, 0) is 20.7 Å². The van der Waals surface area contributed by atoms with Crippen LogP contribution in [0, 0.1) is 5.92 Å². The number of benzene rings is 2. The summed E-state index contributed by atoms with van der Waals surface area (Å²) in [6, 6.07) is 16.8. The van der Waals surface area contributed by atoms with Crippen LogP contribution in [0.3, 0.4) is 0 Å². The minimum absolute atomic E-state index is 0.0553. The number of rotatable bonds is 10.